The molecule has 0 radical (unpaired) electrons. The Morgan fingerprint density at radius 1 is 1.18 bits per heavy atom. The maximum absolute atomic E-state index is 10.9. The minimum absolute atomic E-state index is 0.189. The lowest BCUT2D eigenvalue weighted by molar-refractivity contribution is -0.0547. The number of aliphatic hydroxyl groups excluding tert-OH is 2. The second kappa shape index (κ2) is 11.7. The second-order valence-corrected chi connectivity index (χ2v) is 11.5. The first-order chi connectivity index (χ1) is 16.1. The summed E-state index contributed by atoms with van der Waals surface area (Å²) >= 11 is 0. The van der Waals surface area contributed by atoms with Crippen molar-refractivity contribution in [3.8, 4) is 0 Å². The van der Waals surface area contributed by atoms with Crippen LogP contribution in [-0.4, -0.2) is 46.3 Å². The van der Waals surface area contributed by atoms with E-state index >= 15 is 0 Å². The summed E-state index contributed by atoms with van der Waals surface area (Å²) in [6.07, 6.45) is 13.4. The highest BCUT2D eigenvalue weighted by Gasteiger charge is 2.49. The largest absolute Gasteiger partial charge is 0.393 e. The van der Waals surface area contributed by atoms with E-state index < -0.39 is 17.8 Å². The summed E-state index contributed by atoms with van der Waals surface area (Å²) in [7, 11) is 0. The van der Waals surface area contributed by atoms with Gasteiger partial charge in [-0.25, -0.2) is 0 Å². The van der Waals surface area contributed by atoms with Crippen molar-refractivity contribution in [2.45, 2.75) is 109 Å². The van der Waals surface area contributed by atoms with Crippen molar-refractivity contribution >= 4 is 0 Å². The predicted octanol–water partition coefficient (Wildman–Crippen LogP) is 6.03. The highest BCUT2D eigenvalue weighted by Crippen LogP contribution is 2.59. The lowest BCUT2D eigenvalue weighted by atomic mass is 9.62. The zero-order chi connectivity index (χ0) is 24.9. The topological polar surface area (TPSA) is 69.9 Å². The normalized spacial score (nSPS) is 34.6. The third-order valence-corrected chi connectivity index (χ3v) is 8.81. The Labute approximate surface area is 207 Å². The van der Waals surface area contributed by atoms with Gasteiger partial charge in [-0.1, -0.05) is 64.5 Å². The Morgan fingerprint density at radius 2 is 1.88 bits per heavy atom. The minimum atomic E-state index is -0.718. The van der Waals surface area contributed by atoms with E-state index in [9.17, 15) is 15.3 Å². The predicted molar refractivity (Wildman–Crippen MR) is 139 cm³/mol. The van der Waals surface area contributed by atoms with Crippen LogP contribution < -0.4 is 0 Å². The molecule has 3 rings (SSSR count). The van der Waals surface area contributed by atoms with E-state index in [0.29, 0.717) is 37.9 Å². The van der Waals surface area contributed by atoms with Crippen LogP contribution in [0, 0.1) is 17.3 Å². The minimum Gasteiger partial charge on any atom is -0.393 e. The van der Waals surface area contributed by atoms with Crippen molar-refractivity contribution in [3.63, 3.8) is 0 Å². The molecule has 0 bridgehead atoms. The number of fused-ring (bicyclic) bond motifs is 1. The maximum Gasteiger partial charge on any atom is 0.0880 e. The third kappa shape index (κ3) is 6.13. The van der Waals surface area contributed by atoms with Crippen molar-refractivity contribution < 1.29 is 20.1 Å². The molecule has 3 N–H and O–H groups in total. The molecule has 0 spiro atoms. The number of ether oxygens (including phenoxy) is 1. The van der Waals surface area contributed by atoms with Crippen LogP contribution in [0.3, 0.4) is 0 Å². The Hall–Kier alpha value is -1.20. The van der Waals surface area contributed by atoms with Gasteiger partial charge < -0.3 is 20.1 Å². The number of hydrogen-bond donors (Lipinski definition) is 3. The second-order valence-electron chi connectivity index (χ2n) is 11.5. The summed E-state index contributed by atoms with van der Waals surface area (Å²) < 4.78 is 6.06. The molecule has 3 aliphatic rings. The molecule has 0 aromatic carbocycles. The van der Waals surface area contributed by atoms with Gasteiger partial charge in [0.05, 0.1) is 31.0 Å². The molecule has 5 atom stereocenters. The standard InChI is InChI=1S/C30H48O4/c1-6-14-30(33,15-7-2)20-34-19-21(3)26-12-13-27-23(9-8-16-29(26,27)5)10-11-24-17-25(31)18-28(32)22(24)4/h10-11,25-28,31-33H,3-4,6-9,12-20H2,1-2,5H3/b23-10+,24-11+/t25-,26-,27+,28+,29-/m1/s1. The van der Waals surface area contributed by atoms with E-state index in [1.165, 1.54) is 24.0 Å². The molecule has 3 saturated carbocycles. The highest BCUT2D eigenvalue weighted by atomic mass is 16.5. The quantitative estimate of drug-likeness (QED) is 0.340. The monoisotopic (exact) mass is 472 g/mol. The molecule has 3 fully saturated rings. The van der Waals surface area contributed by atoms with Gasteiger partial charge in [0.1, 0.15) is 0 Å². The zero-order valence-electron chi connectivity index (χ0n) is 21.8. The fourth-order valence-electron chi connectivity index (χ4n) is 7.05. The maximum atomic E-state index is 10.9. The number of rotatable bonds is 10. The van der Waals surface area contributed by atoms with Crippen LogP contribution >= 0.6 is 0 Å². The van der Waals surface area contributed by atoms with Crippen LogP contribution in [0.1, 0.15) is 91.4 Å². The molecule has 4 heteroatoms. The summed E-state index contributed by atoms with van der Waals surface area (Å²) in [5, 5.41) is 31.1. The number of allylic oxidation sites excluding steroid dienone is 3. The Balaban J connectivity index is 1.65. The van der Waals surface area contributed by atoms with E-state index in [-0.39, 0.29) is 5.41 Å². The SMILES string of the molecule is C=C(COCC(O)(CCC)CCC)[C@H]1CC[C@H]2/C(=C/C=C3\C[C@@H](O)C[C@H](O)C3=C)CCC[C@]12C. The van der Waals surface area contributed by atoms with Gasteiger partial charge >= 0.3 is 0 Å². The van der Waals surface area contributed by atoms with Crippen molar-refractivity contribution in [1.29, 1.82) is 0 Å². The van der Waals surface area contributed by atoms with Gasteiger partial charge in [0.2, 0.25) is 0 Å². The third-order valence-electron chi connectivity index (χ3n) is 8.81. The Kier molecular flexibility index (Phi) is 9.42. The first-order valence-electron chi connectivity index (χ1n) is 13.6. The van der Waals surface area contributed by atoms with Gasteiger partial charge in [-0.05, 0) is 85.3 Å². The van der Waals surface area contributed by atoms with Gasteiger partial charge in [-0.2, -0.15) is 0 Å². The van der Waals surface area contributed by atoms with Crippen molar-refractivity contribution in [2.75, 3.05) is 13.2 Å². The van der Waals surface area contributed by atoms with Crippen LogP contribution in [0.15, 0.2) is 47.6 Å². The van der Waals surface area contributed by atoms with Gasteiger partial charge in [0.15, 0.2) is 0 Å². The van der Waals surface area contributed by atoms with Crippen LogP contribution in [0.25, 0.3) is 0 Å². The summed E-state index contributed by atoms with van der Waals surface area (Å²) in [4.78, 5) is 0. The molecular weight excluding hydrogens is 424 g/mol. The van der Waals surface area contributed by atoms with Gasteiger partial charge in [0.25, 0.3) is 0 Å². The van der Waals surface area contributed by atoms with E-state index in [0.717, 1.165) is 56.1 Å². The van der Waals surface area contributed by atoms with Crippen LogP contribution in [0.5, 0.6) is 0 Å². The average Bonchev–Trinajstić information content (AvgIpc) is 3.13. The van der Waals surface area contributed by atoms with Crippen LogP contribution in [-0.2, 0) is 4.74 Å². The molecule has 0 saturated heterocycles. The fraction of sp³-hybridized carbons (Fsp3) is 0.733. The zero-order valence-corrected chi connectivity index (χ0v) is 21.8. The summed E-state index contributed by atoms with van der Waals surface area (Å²) in [5.74, 6) is 0.969. The molecule has 0 aromatic heterocycles. The Bertz CT molecular complexity index is 788. The molecule has 0 unspecified atom stereocenters. The van der Waals surface area contributed by atoms with E-state index in [2.05, 4.69) is 46.1 Å². The average molecular weight is 473 g/mol. The lowest BCUT2D eigenvalue weighted by Crippen LogP contribution is -2.36. The molecule has 3 aliphatic carbocycles. The molecule has 34 heavy (non-hydrogen) atoms. The van der Waals surface area contributed by atoms with Crippen molar-refractivity contribution in [2.24, 2.45) is 17.3 Å². The van der Waals surface area contributed by atoms with Gasteiger partial charge in [0, 0.05) is 6.42 Å². The fourth-order valence-corrected chi connectivity index (χ4v) is 7.05. The van der Waals surface area contributed by atoms with E-state index in [1.54, 1.807) is 0 Å². The Morgan fingerprint density at radius 3 is 2.56 bits per heavy atom. The van der Waals surface area contributed by atoms with Crippen LogP contribution in [0.4, 0.5) is 0 Å². The van der Waals surface area contributed by atoms with E-state index in [1.807, 2.05) is 0 Å². The molecular formula is C30H48O4. The summed E-state index contributed by atoms with van der Waals surface area (Å²) in [5.41, 5.74) is 3.86. The smallest absolute Gasteiger partial charge is 0.0880 e. The number of hydrogen-bond acceptors (Lipinski definition) is 4. The summed E-state index contributed by atoms with van der Waals surface area (Å²) in [6.45, 7) is 16.1. The first-order valence-corrected chi connectivity index (χ1v) is 13.6. The molecule has 0 amide bonds. The molecule has 4 nitrogen and oxygen atoms in total. The molecule has 0 aliphatic heterocycles. The molecule has 192 valence electrons. The van der Waals surface area contributed by atoms with E-state index in [4.69, 9.17) is 4.74 Å². The first kappa shape index (κ1) is 27.4. The number of aliphatic hydroxyl groups is 3. The van der Waals surface area contributed by atoms with Gasteiger partial charge in [-0.3, -0.25) is 0 Å². The molecule has 0 aromatic rings. The van der Waals surface area contributed by atoms with Crippen molar-refractivity contribution in [1.82, 2.24) is 0 Å². The van der Waals surface area contributed by atoms with Crippen molar-refractivity contribution in [3.05, 3.63) is 47.6 Å². The lowest BCUT2D eigenvalue weighted by Gasteiger charge is -2.43. The van der Waals surface area contributed by atoms with Crippen LogP contribution in [0.2, 0.25) is 0 Å². The highest BCUT2D eigenvalue weighted by molar-refractivity contribution is 5.39. The summed E-state index contributed by atoms with van der Waals surface area (Å²) in [6, 6.07) is 0. The van der Waals surface area contributed by atoms with Gasteiger partial charge in [-0.15, -0.1) is 0 Å². The molecule has 0 heterocycles.